The summed E-state index contributed by atoms with van der Waals surface area (Å²) in [5.74, 6) is 0.944. The quantitative estimate of drug-likeness (QED) is 0.823. The van der Waals surface area contributed by atoms with E-state index >= 15 is 0 Å². The van der Waals surface area contributed by atoms with Gasteiger partial charge in [0.25, 0.3) is 0 Å². The highest BCUT2D eigenvalue weighted by Crippen LogP contribution is 2.24. The summed E-state index contributed by atoms with van der Waals surface area (Å²) in [4.78, 5) is 0. The van der Waals surface area contributed by atoms with Crippen LogP contribution in [0.4, 0.5) is 5.69 Å². The lowest BCUT2D eigenvalue weighted by molar-refractivity contribution is 0.317. The predicted molar refractivity (Wildman–Crippen MR) is 71.5 cm³/mol. The Kier molecular flexibility index (Phi) is 4.26. The Balaban J connectivity index is 1.91. The largest absolute Gasteiger partial charge is 0.494 e. The third-order valence-electron chi connectivity index (χ3n) is 3.15. The molecule has 0 aromatic heterocycles. The van der Waals surface area contributed by atoms with Crippen molar-refractivity contribution in [3.8, 4) is 5.75 Å². The maximum Gasteiger partial charge on any atom is 0.121 e. The van der Waals surface area contributed by atoms with Crippen LogP contribution in [0.25, 0.3) is 0 Å². The molecule has 0 spiro atoms. The van der Waals surface area contributed by atoms with E-state index in [1.54, 1.807) is 0 Å². The van der Waals surface area contributed by atoms with Gasteiger partial charge in [-0.25, -0.2) is 0 Å². The van der Waals surface area contributed by atoms with Crippen molar-refractivity contribution in [2.75, 3.05) is 11.9 Å². The van der Waals surface area contributed by atoms with Gasteiger partial charge in [-0.2, -0.15) is 0 Å². The molecule has 2 unspecified atom stereocenters. The summed E-state index contributed by atoms with van der Waals surface area (Å²) < 4.78 is 5.62. The Hall–Kier alpha value is -1.22. The molecule has 0 radical (unpaired) electrons. The summed E-state index contributed by atoms with van der Waals surface area (Å²) in [6.45, 7) is 2.89. The molecule has 1 aromatic carbocycles. The fraction of sp³-hybridized carbons (Fsp3) is 0.571. The summed E-state index contributed by atoms with van der Waals surface area (Å²) in [6.07, 6.45) is 4.40. The molecule has 1 fully saturated rings. The molecule has 0 aliphatic heterocycles. The van der Waals surface area contributed by atoms with Gasteiger partial charge in [-0.15, -0.1) is 0 Å². The number of rotatable bonds is 5. The number of hydrogen-bond donors (Lipinski definition) is 2. The standard InChI is InChI=1S/C14H22N2O/c1-2-8-17-14-5-3-4-12(10-14)16-13-7-6-11(15)9-13/h3-5,10-11,13,16H,2,6-9,15H2,1H3. The third kappa shape index (κ3) is 3.63. The first-order valence-electron chi connectivity index (χ1n) is 6.53. The number of benzene rings is 1. The fourth-order valence-corrected chi connectivity index (χ4v) is 2.28. The zero-order valence-corrected chi connectivity index (χ0v) is 10.5. The maximum absolute atomic E-state index is 5.91. The molecule has 2 rings (SSSR count). The Bertz CT molecular complexity index is 354. The van der Waals surface area contributed by atoms with Crippen LogP contribution >= 0.6 is 0 Å². The molecule has 1 saturated carbocycles. The van der Waals surface area contributed by atoms with Crippen molar-refractivity contribution in [1.29, 1.82) is 0 Å². The second kappa shape index (κ2) is 5.92. The Labute approximate surface area is 103 Å². The van der Waals surface area contributed by atoms with Crippen LogP contribution in [0.15, 0.2) is 24.3 Å². The number of nitrogens with two attached hydrogens (primary N) is 1. The SMILES string of the molecule is CCCOc1cccc(NC2CCC(N)C2)c1. The molecule has 94 valence electrons. The predicted octanol–water partition coefficient (Wildman–Crippen LogP) is 2.77. The van der Waals surface area contributed by atoms with Crippen molar-refractivity contribution in [2.24, 2.45) is 5.73 Å². The van der Waals surface area contributed by atoms with E-state index < -0.39 is 0 Å². The van der Waals surface area contributed by atoms with Crippen LogP contribution in [0.2, 0.25) is 0 Å². The minimum absolute atomic E-state index is 0.368. The first kappa shape index (κ1) is 12.2. The molecule has 0 saturated heterocycles. The second-order valence-corrected chi connectivity index (χ2v) is 4.79. The molecule has 17 heavy (non-hydrogen) atoms. The Morgan fingerprint density at radius 3 is 3.00 bits per heavy atom. The van der Waals surface area contributed by atoms with Gasteiger partial charge in [0, 0.05) is 23.8 Å². The summed E-state index contributed by atoms with van der Waals surface area (Å²) in [7, 11) is 0. The van der Waals surface area contributed by atoms with E-state index in [-0.39, 0.29) is 0 Å². The third-order valence-corrected chi connectivity index (χ3v) is 3.15. The Morgan fingerprint density at radius 1 is 1.41 bits per heavy atom. The van der Waals surface area contributed by atoms with E-state index in [0.29, 0.717) is 12.1 Å². The molecule has 3 heteroatoms. The van der Waals surface area contributed by atoms with Crippen LogP contribution in [0, 0.1) is 0 Å². The lowest BCUT2D eigenvalue weighted by Crippen LogP contribution is -2.20. The summed E-state index contributed by atoms with van der Waals surface area (Å²) in [6, 6.07) is 9.07. The van der Waals surface area contributed by atoms with E-state index in [2.05, 4.69) is 24.4 Å². The van der Waals surface area contributed by atoms with Crippen molar-refractivity contribution >= 4 is 5.69 Å². The molecule has 2 atom stereocenters. The highest BCUT2D eigenvalue weighted by atomic mass is 16.5. The van der Waals surface area contributed by atoms with E-state index in [1.165, 1.54) is 6.42 Å². The first-order valence-corrected chi connectivity index (χ1v) is 6.53. The molecule has 1 aliphatic carbocycles. The smallest absolute Gasteiger partial charge is 0.121 e. The van der Waals surface area contributed by atoms with Gasteiger partial charge >= 0.3 is 0 Å². The molecule has 3 nitrogen and oxygen atoms in total. The van der Waals surface area contributed by atoms with Crippen molar-refractivity contribution in [1.82, 2.24) is 0 Å². The zero-order chi connectivity index (χ0) is 12.1. The van der Waals surface area contributed by atoms with Crippen LogP contribution in [0.5, 0.6) is 5.75 Å². The van der Waals surface area contributed by atoms with Crippen LogP contribution in [-0.2, 0) is 0 Å². The average Bonchev–Trinajstić information content (AvgIpc) is 2.73. The van der Waals surface area contributed by atoms with Gasteiger partial charge in [0.2, 0.25) is 0 Å². The van der Waals surface area contributed by atoms with Gasteiger partial charge < -0.3 is 15.8 Å². The Morgan fingerprint density at radius 2 is 2.29 bits per heavy atom. The molecule has 1 aromatic rings. The van der Waals surface area contributed by atoms with Gasteiger partial charge in [0.1, 0.15) is 5.75 Å². The van der Waals surface area contributed by atoms with Gasteiger partial charge in [-0.05, 0) is 37.8 Å². The topological polar surface area (TPSA) is 47.3 Å². The van der Waals surface area contributed by atoms with Gasteiger partial charge in [-0.3, -0.25) is 0 Å². The maximum atomic E-state index is 5.91. The molecule has 0 amide bonds. The molecule has 1 aliphatic rings. The summed E-state index contributed by atoms with van der Waals surface area (Å²) in [5.41, 5.74) is 7.05. The van der Waals surface area contributed by atoms with Gasteiger partial charge in [0.15, 0.2) is 0 Å². The zero-order valence-electron chi connectivity index (χ0n) is 10.5. The number of hydrogen-bond acceptors (Lipinski definition) is 3. The normalized spacial score (nSPS) is 23.6. The van der Waals surface area contributed by atoms with Crippen LogP contribution in [0.3, 0.4) is 0 Å². The van der Waals surface area contributed by atoms with Crippen LogP contribution < -0.4 is 15.8 Å². The number of anilines is 1. The fourth-order valence-electron chi connectivity index (χ4n) is 2.28. The van der Waals surface area contributed by atoms with Gasteiger partial charge in [0.05, 0.1) is 6.61 Å². The van der Waals surface area contributed by atoms with E-state index in [9.17, 15) is 0 Å². The number of nitrogens with one attached hydrogen (secondary N) is 1. The number of ether oxygens (including phenoxy) is 1. The van der Waals surface area contributed by atoms with Gasteiger partial charge in [-0.1, -0.05) is 13.0 Å². The van der Waals surface area contributed by atoms with E-state index in [1.807, 2.05) is 12.1 Å². The summed E-state index contributed by atoms with van der Waals surface area (Å²) in [5, 5.41) is 3.53. The van der Waals surface area contributed by atoms with Crippen molar-refractivity contribution < 1.29 is 4.74 Å². The lowest BCUT2D eigenvalue weighted by Gasteiger charge is -2.15. The monoisotopic (exact) mass is 234 g/mol. The first-order chi connectivity index (χ1) is 8.28. The van der Waals surface area contributed by atoms with E-state index in [4.69, 9.17) is 10.5 Å². The minimum Gasteiger partial charge on any atom is -0.494 e. The minimum atomic E-state index is 0.368. The van der Waals surface area contributed by atoms with E-state index in [0.717, 1.165) is 37.3 Å². The highest BCUT2D eigenvalue weighted by molar-refractivity contribution is 5.49. The molecular formula is C14H22N2O. The lowest BCUT2D eigenvalue weighted by atomic mass is 10.2. The average molecular weight is 234 g/mol. The van der Waals surface area contributed by atoms with Crippen LogP contribution in [-0.4, -0.2) is 18.7 Å². The second-order valence-electron chi connectivity index (χ2n) is 4.79. The summed E-state index contributed by atoms with van der Waals surface area (Å²) >= 11 is 0. The molecule has 0 heterocycles. The van der Waals surface area contributed by atoms with Crippen LogP contribution in [0.1, 0.15) is 32.6 Å². The molecule has 0 bridgehead atoms. The van der Waals surface area contributed by atoms with Crippen molar-refractivity contribution in [2.45, 2.75) is 44.7 Å². The molecular weight excluding hydrogens is 212 g/mol. The molecule has 3 N–H and O–H groups in total. The van der Waals surface area contributed by atoms with Crippen molar-refractivity contribution in [3.63, 3.8) is 0 Å². The van der Waals surface area contributed by atoms with Crippen molar-refractivity contribution in [3.05, 3.63) is 24.3 Å². The highest BCUT2D eigenvalue weighted by Gasteiger charge is 2.21.